The zero-order valence-electron chi connectivity index (χ0n) is 12.3. The lowest BCUT2D eigenvalue weighted by atomic mass is 10.0. The first kappa shape index (κ1) is 15.4. The fourth-order valence-corrected chi connectivity index (χ4v) is 2.90. The van der Waals surface area contributed by atoms with Crippen molar-refractivity contribution >= 4 is 21.2 Å². The minimum Gasteiger partial charge on any atom is -0.398 e. The first-order chi connectivity index (χ1) is 9.91. The zero-order valence-corrected chi connectivity index (χ0v) is 13.1. The number of sulfone groups is 1. The molecular weight excluding hydrogens is 284 g/mol. The molecule has 0 aliphatic heterocycles. The van der Waals surface area contributed by atoms with Gasteiger partial charge in [-0.25, -0.2) is 8.42 Å². The van der Waals surface area contributed by atoms with E-state index >= 15 is 0 Å². The summed E-state index contributed by atoms with van der Waals surface area (Å²) in [6, 6.07) is 12.7. The molecular formula is C16H20N2O2S. The van der Waals surface area contributed by atoms with E-state index in [0.717, 1.165) is 28.9 Å². The average molecular weight is 304 g/mol. The van der Waals surface area contributed by atoms with Crippen LogP contribution >= 0.6 is 0 Å². The Bertz CT molecular complexity index is 722. The van der Waals surface area contributed by atoms with Crippen LogP contribution in [0.4, 0.5) is 11.4 Å². The lowest BCUT2D eigenvalue weighted by molar-refractivity contribution is 0.602. The Balaban J connectivity index is 2.12. The number of benzene rings is 2. The van der Waals surface area contributed by atoms with Crippen LogP contribution < -0.4 is 11.1 Å². The Morgan fingerprint density at radius 2 is 1.76 bits per heavy atom. The van der Waals surface area contributed by atoms with Gasteiger partial charge in [-0.3, -0.25) is 0 Å². The topological polar surface area (TPSA) is 72.2 Å². The van der Waals surface area contributed by atoms with Gasteiger partial charge in [0, 0.05) is 24.2 Å². The molecule has 4 nitrogen and oxygen atoms in total. The van der Waals surface area contributed by atoms with Crippen LogP contribution in [0, 0.1) is 0 Å². The van der Waals surface area contributed by atoms with Crippen LogP contribution in [0.1, 0.15) is 18.1 Å². The lowest BCUT2D eigenvalue weighted by Crippen LogP contribution is -2.05. The van der Waals surface area contributed by atoms with E-state index in [1.54, 1.807) is 24.3 Å². The monoisotopic (exact) mass is 304 g/mol. The maximum absolute atomic E-state index is 11.4. The van der Waals surface area contributed by atoms with Crippen molar-refractivity contribution < 1.29 is 8.42 Å². The van der Waals surface area contributed by atoms with Crippen LogP contribution in [0.2, 0.25) is 0 Å². The standard InChI is InChI=1S/C16H20N2O2S/c1-3-15-12(5-4-6-16(15)17)11-18-13-7-9-14(10-8-13)21(2,19)20/h4-10,18H,3,11,17H2,1-2H3. The smallest absolute Gasteiger partial charge is 0.175 e. The summed E-state index contributed by atoms with van der Waals surface area (Å²) in [5, 5.41) is 3.29. The molecule has 0 unspecified atom stereocenters. The Hall–Kier alpha value is -2.01. The fourth-order valence-electron chi connectivity index (χ4n) is 2.27. The summed E-state index contributed by atoms with van der Waals surface area (Å²) in [6.45, 7) is 2.74. The summed E-state index contributed by atoms with van der Waals surface area (Å²) < 4.78 is 22.8. The van der Waals surface area contributed by atoms with Crippen LogP contribution in [-0.4, -0.2) is 14.7 Å². The summed E-state index contributed by atoms with van der Waals surface area (Å²) in [7, 11) is -3.15. The predicted molar refractivity (Wildman–Crippen MR) is 87.1 cm³/mol. The second-order valence-corrected chi connectivity index (χ2v) is 7.00. The van der Waals surface area contributed by atoms with E-state index in [1.807, 2.05) is 18.2 Å². The quantitative estimate of drug-likeness (QED) is 0.833. The van der Waals surface area contributed by atoms with Crippen molar-refractivity contribution in [2.24, 2.45) is 0 Å². The maximum atomic E-state index is 11.4. The van der Waals surface area contributed by atoms with Crippen LogP contribution in [0.15, 0.2) is 47.4 Å². The van der Waals surface area contributed by atoms with Gasteiger partial charge in [-0.2, -0.15) is 0 Å². The van der Waals surface area contributed by atoms with Crippen molar-refractivity contribution in [1.29, 1.82) is 0 Å². The minimum atomic E-state index is -3.15. The van der Waals surface area contributed by atoms with Crippen molar-refractivity contribution in [2.45, 2.75) is 24.8 Å². The fraction of sp³-hybridized carbons (Fsp3) is 0.250. The average Bonchev–Trinajstić information content (AvgIpc) is 2.44. The first-order valence-electron chi connectivity index (χ1n) is 6.82. The zero-order chi connectivity index (χ0) is 15.5. The number of nitrogen functional groups attached to an aromatic ring is 1. The number of anilines is 2. The van der Waals surface area contributed by atoms with Gasteiger partial charge in [0.05, 0.1) is 4.90 Å². The van der Waals surface area contributed by atoms with Gasteiger partial charge in [-0.05, 0) is 47.9 Å². The summed E-state index contributed by atoms with van der Waals surface area (Å²) in [6.07, 6.45) is 2.09. The van der Waals surface area contributed by atoms with E-state index in [-0.39, 0.29) is 0 Å². The first-order valence-corrected chi connectivity index (χ1v) is 8.71. The Morgan fingerprint density at radius 1 is 1.10 bits per heavy atom. The summed E-state index contributed by atoms with van der Waals surface area (Å²) >= 11 is 0. The molecule has 0 aromatic heterocycles. The van der Waals surface area contributed by atoms with Crippen LogP contribution in [0.5, 0.6) is 0 Å². The summed E-state index contributed by atoms with van der Waals surface area (Å²) in [5.41, 5.74) is 9.97. The highest BCUT2D eigenvalue weighted by Crippen LogP contribution is 2.20. The minimum absolute atomic E-state index is 0.325. The Kier molecular flexibility index (Phi) is 4.53. The van der Waals surface area contributed by atoms with Gasteiger partial charge in [0.2, 0.25) is 0 Å². The van der Waals surface area contributed by atoms with E-state index in [4.69, 9.17) is 5.73 Å². The molecule has 0 saturated carbocycles. The van der Waals surface area contributed by atoms with Crippen molar-refractivity contribution in [3.63, 3.8) is 0 Å². The van der Waals surface area contributed by atoms with Gasteiger partial charge in [0.1, 0.15) is 0 Å². The number of hydrogen-bond acceptors (Lipinski definition) is 4. The van der Waals surface area contributed by atoms with Crippen LogP contribution in [-0.2, 0) is 22.8 Å². The molecule has 0 spiro atoms. The number of rotatable bonds is 5. The molecule has 21 heavy (non-hydrogen) atoms. The molecule has 0 fully saturated rings. The van der Waals surface area contributed by atoms with Gasteiger partial charge in [-0.15, -0.1) is 0 Å². The van der Waals surface area contributed by atoms with Gasteiger partial charge in [0.25, 0.3) is 0 Å². The number of nitrogens with two attached hydrogens (primary N) is 1. The Morgan fingerprint density at radius 3 is 2.33 bits per heavy atom. The second-order valence-electron chi connectivity index (χ2n) is 4.99. The van der Waals surface area contributed by atoms with Gasteiger partial charge in [-0.1, -0.05) is 19.1 Å². The van der Waals surface area contributed by atoms with Gasteiger partial charge >= 0.3 is 0 Å². The molecule has 0 aliphatic rings. The van der Waals surface area contributed by atoms with E-state index in [9.17, 15) is 8.42 Å². The van der Waals surface area contributed by atoms with Crippen molar-refractivity contribution in [3.8, 4) is 0 Å². The van der Waals surface area contributed by atoms with Crippen molar-refractivity contribution in [1.82, 2.24) is 0 Å². The number of hydrogen-bond donors (Lipinski definition) is 2. The van der Waals surface area contributed by atoms with Gasteiger partial charge < -0.3 is 11.1 Å². The molecule has 0 radical (unpaired) electrons. The molecule has 0 saturated heterocycles. The number of nitrogens with one attached hydrogen (secondary N) is 1. The van der Waals surface area contributed by atoms with E-state index in [2.05, 4.69) is 12.2 Å². The molecule has 0 bridgehead atoms. The molecule has 2 aromatic carbocycles. The molecule has 5 heteroatoms. The van der Waals surface area contributed by atoms with E-state index in [1.165, 1.54) is 6.26 Å². The molecule has 0 aliphatic carbocycles. The highest BCUT2D eigenvalue weighted by Gasteiger charge is 2.07. The predicted octanol–water partition coefficient (Wildman–Crippen LogP) is 2.85. The third-order valence-electron chi connectivity index (χ3n) is 3.43. The summed E-state index contributed by atoms with van der Waals surface area (Å²) in [5.74, 6) is 0. The molecule has 3 N–H and O–H groups in total. The third-order valence-corrected chi connectivity index (χ3v) is 4.56. The van der Waals surface area contributed by atoms with Crippen molar-refractivity contribution in [3.05, 3.63) is 53.6 Å². The highest BCUT2D eigenvalue weighted by atomic mass is 32.2. The van der Waals surface area contributed by atoms with Crippen molar-refractivity contribution in [2.75, 3.05) is 17.3 Å². The molecule has 2 aromatic rings. The molecule has 2 rings (SSSR count). The highest BCUT2D eigenvalue weighted by molar-refractivity contribution is 7.90. The lowest BCUT2D eigenvalue weighted by Gasteiger charge is -2.12. The largest absolute Gasteiger partial charge is 0.398 e. The second kappa shape index (κ2) is 6.18. The summed E-state index contributed by atoms with van der Waals surface area (Å²) in [4.78, 5) is 0.325. The SMILES string of the molecule is CCc1c(N)cccc1CNc1ccc(S(C)(=O)=O)cc1. The maximum Gasteiger partial charge on any atom is 0.175 e. The molecule has 0 heterocycles. The molecule has 0 amide bonds. The van der Waals surface area contributed by atoms with Gasteiger partial charge in [0.15, 0.2) is 9.84 Å². The molecule has 112 valence electrons. The Labute approximate surface area is 125 Å². The van der Waals surface area contributed by atoms with E-state index < -0.39 is 9.84 Å². The third kappa shape index (κ3) is 3.76. The normalized spacial score (nSPS) is 11.3. The molecule has 0 atom stereocenters. The van der Waals surface area contributed by atoms with Crippen LogP contribution in [0.3, 0.4) is 0 Å². The van der Waals surface area contributed by atoms with Crippen LogP contribution in [0.25, 0.3) is 0 Å². The van der Waals surface area contributed by atoms with E-state index in [0.29, 0.717) is 11.4 Å².